The van der Waals surface area contributed by atoms with Crippen LogP contribution in [0.25, 0.3) is 0 Å². The van der Waals surface area contributed by atoms with E-state index in [1.54, 1.807) is 6.07 Å². The van der Waals surface area contributed by atoms with Crippen molar-refractivity contribution in [3.8, 4) is 0 Å². The maximum atomic E-state index is 14.6. The quantitative estimate of drug-likeness (QED) is 0.747. The van der Waals surface area contributed by atoms with E-state index < -0.39 is 0 Å². The number of hydrogen-bond acceptors (Lipinski definition) is 2. The molecule has 2 nitrogen and oxygen atoms in total. The van der Waals surface area contributed by atoms with E-state index in [0.29, 0.717) is 16.1 Å². The third-order valence-corrected chi connectivity index (χ3v) is 4.66. The van der Waals surface area contributed by atoms with E-state index in [1.165, 1.54) is 12.8 Å². The van der Waals surface area contributed by atoms with Gasteiger partial charge in [-0.1, -0.05) is 43.9 Å². The summed E-state index contributed by atoms with van der Waals surface area (Å²) in [5.41, 5.74) is 1.39. The van der Waals surface area contributed by atoms with Gasteiger partial charge >= 0.3 is 0 Å². The Morgan fingerprint density at radius 3 is 2.59 bits per heavy atom. The van der Waals surface area contributed by atoms with E-state index in [-0.39, 0.29) is 24.3 Å². The molecular formula is C17H27Cl2FN2. The zero-order valence-corrected chi connectivity index (χ0v) is 15.1. The molecule has 1 N–H and O–H groups in total. The predicted molar refractivity (Wildman–Crippen MR) is 94.7 cm³/mol. The fourth-order valence-corrected chi connectivity index (χ4v) is 3.35. The number of halogens is 3. The van der Waals surface area contributed by atoms with Crippen molar-refractivity contribution in [2.45, 2.75) is 45.6 Å². The number of rotatable bonds is 6. The van der Waals surface area contributed by atoms with Crippen LogP contribution >= 0.6 is 24.0 Å². The molecule has 0 amide bonds. The molecule has 0 saturated carbocycles. The minimum absolute atomic E-state index is 0. The number of hydrogen-bond donors (Lipinski definition) is 1. The van der Waals surface area contributed by atoms with E-state index in [4.69, 9.17) is 11.6 Å². The molecule has 22 heavy (non-hydrogen) atoms. The fourth-order valence-electron chi connectivity index (χ4n) is 3.07. The minimum atomic E-state index is -0.123. The summed E-state index contributed by atoms with van der Waals surface area (Å²) in [7, 11) is 0. The van der Waals surface area contributed by atoms with Crippen molar-refractivity contribution in [2.24, 2.45) is 0 Å². The lowest BCUT2D eigenvalue weighted by molar-refractivity contribution is 0.159. The van der Waals surface area contributed by atoms with E-state index in [9.17, 15) is 4.39 Å². The highest BCUT2D eigenvalue weighted by atomic mass is 35.5. The van der Waals surface area contributed by atoms with Gasteiger partial charge in [0.25, 0.3) is 0 Å². The van der Waals surface area contributed by atoms with Crippen LogP contribution < -0.4 is 5.32 Å². The van der Waals surface area contributed by atoms with Gasteiger partial charge in [-0.2, -0.15) is 0 Å². The Kier molecular flexibility index (Phi) is 8.70. The highest BCUT2D eigenvalue weighted by Crippen LogP contribution is 2.35. The highest BCUT2D eigenvalue weighted by molar-refractivity contribution is 6.31. The van der Waals surface area contributed by atoms with Gasteiger partial charge in [-0.05, 0) is 25.0 Å². The van der Waals surface area contributed by atoms with Crippen molar-refractivity contribution in [2.75, 3.05) is 26.2 Å². The van der Waals surface area contributed by atoms with Gasteiger partial charge in [-0.3, -0.25) is 4.90 Å². The first kappa shape index (κ1) is 19.7. The molecule has 1 aromatic rings. The first-order valence-corrected chi connectivity index (χ1v) is 8.42. The van der Waals surface area contributed by atoms with Crippen molar-refractivity contribution in [1.82, 2.24) is 10.2 Å². The maximum absolute atomic E-state index is 14.6. The molecule has 1 heterocycles. The van der Waals surface area contributed by atoms with Gasteiger partial charge in [0.2, 0.25) is 0 Å². The second-order valence-corrected chi connectivity index (χ2v) is 6.30. The van der Waals surface area contributed by atoms with Crippen molar-refractivity contribution in [1.29, 1.82) is 0 Å². The van der Waals surface area contributed by atoms with Crippen molar-refractivity contribution >= 4 is 24.0 Å². The van der Waals surface area contributed by atoms with E-state index in [2.05, 4.69) is 17.1 Å². The third kappa shape index (κ3) is 4.82. The average molecular weight is 349 g/mol. The molecule has 0 aliphatic carbocycles. The average Bonchev–Trinajstić information content (AvgIpc) is 2.51. The van der Waals surface area contributed by atoms with Crippen molar-refractivity contribution < 1.29 is 4.39 Å². The Morgan fingerprint density at radius 2 is 1.95 bits per heavy atom. The van der Waals surface area contributed by atoms with E-state index >= 15 is 0 Å². The number of piperazine rings is 1. The Labute approximate surface area is 144 Å². The summed E-state index contributed by atoms with van der Waals surface area (Å²) in [4.78, 5) is 2.38. The molecule has 1 fully saturated rings. The van der Waals surface area contributed by atoms with Crippen molar-refractivity contribution in [3.63, 3.8) is 0 Å². The molecule has 0 aromatic heterocycles. The van der Waals surface area contributed by atoms with Gasteiger partial charge in [-0.25, -0.2) is 4.39 Å². The minimum Gasteiger partial charge on any atom is -0.314 e. The lowest BCUT2D eigenvalue weighted by Crippen LogP contribution is -2.45. The predicted octanol–water partition coefficient (Wildman–Crippen LogP) is 4.74. The van der Waals surface area contributed by atoms with Gasteiger partial charge in [0.15, 0.2) is 0 Å². The van der Waals surface area contributed by atoms with Gasteiger partial charge in [0.1, 0.15) is 5.82 Å². The van der Waals surface area contributed by atoms with Crippen molar-refractivity contribution in [3.05, 3.63) is 34.1 Å². The van der Waals surface area contributed by atoms with Crippen LogP contribution in [0.4, 0.5) is 4.39 Å². The first-order chi connectivity index (χ1) is 10.1. The second-order valence-electron chi connectivity index (χ2n) is 5.89. The summed E-state index contributed by atoms with van der Waals surface area (Å²) < 4.78 is 14.6. The Hall–Kier alpha value is -0.350. The summed E-state index contributed by atoms with van der Waals surface area (Å²) in [6.45, 7) is 7.86. The molecule has 0 bridgehead atoms. The number of nitrogens with zero attached hydrogens (tertiary/aromatic N) is 1. The molecule has 1 saturated heterocycles. The largest absolute Gasteiger partial charge is 0.314 e. The molecular weight excluding hydrogens is 322 g/mol. The summed E-state index contributed by atoms with van der Waals surface area (Å²) in [5, 5.41) is 3.93. The maximum Gasteiger partial charge on any atom is 0.132 e. The second kappa shape index (κ2) is 9.71. The molecule has 0 unspecified atom stereocenters. The lowest BCUT2D eigenvalue weighted by Gasteiger charge is -2.36. The molecule has 1 aromatic carbocycles. The van der Waals surface area contributed by atoms with Crippen LogP contribution in [0.3, 0.4) is 0 Å². The number of nitrogens with one attached hydrogen (secondary N) is 1. The smallest absolute Gasteiger partial charge is 0.132 e. The van der Waals surface area contributed by atoms with Gasteiger partial charge in [-0.15, -0.1) is 12.4 Å². The zero-order chi connectivity index (χ0) is 15.2. The zero-order valence-electron chi connectivity index (χ0n) is 13.5. The molecule has 126 valence electrons. The molecule has 1 aliphatic heterocycles. The summed E-state index contributed by atoms with van der Waals surface area (Å²) in [6, 6.07) is 3.71. The Bertz CT molecular complexity index is 462. The lowest BCUT2D eigenvalue weighted by atomic mass is 9.96. The van der Waals surface area contributed by atoms with Crippen LogP contribution in [0.15, 0.2) is 12.1 Å². The fraction of sp³-hybridized carbons (Fsp3) is 0.647. The topological polar surface area (TPSA) is 15.3 Å². The van der Waals surface area contributed by atoms with Crippen LogP contribution in [-0.2, 0) is 0 Å². The Morgan fingerprint density at radius 1 is 1.27 bits per heavy atom. The number of unbranched alkanes of at least 4 members (excludes halogenated alkanes) is 2. The Balaban J connectivity index is 0.00000242. The molecule has 1 atom stereocenters. The SMILES string of the molecule is CCCCC[C@H](c1c(Cl)ccc(C)c1F)N1CCNCC1.Cl. The van der Waals surface area contributed by atoms with Crippen LogP contribution in [0, 0.1) is 12.7 Å². The highest BCUT2D eigenvalue weighted by Gasteiger charge is 2.27. The standard InChI is InChI=1S/C17H26ClFN2.ClH/c1-3-4-5-6-15(21-11-9-20-10-12-21)16-14(18)8-7-13(2)17(16)19;/h7-8,15,20H,3-6,9-12H2,1-2H3;1H/t15-;/m1./s1. The van der Waals surface area contributed by atoms with Crippen LogP contribution in [0.2, 0.25) is 5.02 Å². The van der Waals surface area contributed by atoms with E-state index in [1.807, 2.05) is 13.0 Å². The summed E-state index contributed by atoms with van der Waals surface area (Å²) in [5.74, 6) is -0.123. The first-order valence-electron chi connectivity index (χ1n) is 8.04. The molecule has 5 heteroatoms. The molecule has 2 rings (SSSR count). The molecule has 0 radical (unpaired) electrons. The van der Waals surface area contributed by atoms with E-state index in [0.717, 1.165) is 39.0 Å². The molecule has 0 spiro atoms. The van der Waals surface area contributed by atoms with Gasteiger partial charge in [0, 0.05) is 42.8 Å². The summed E-state index contributed by atoms with van der Waals surface area (Å²) in [6.07, 6.45) is 4.47. The van der Waals surface area contributed by atoms with Crippen LogP contribution in [0.1, 0.15) is 49.8 Å². The number of aryl methyl sites for hydroxylation is 1. The summed E-state index contributed by atoms with van der Waals surface area (Å²) >= 11 is 6.35. The molecule has 1 aliphatic rings. The van der Waals surface area contributed by atoms with Gasteiger partial charge < -0.3 is 5.32 Å². The normalized spacial score (nSPS) is 17.1. The van der Waals surface area contributed by atoms with Crippen LogP contribution in [-0.4, -0.2) is 31.1 Å². The monoisotopic (exact) mass is 348 g/mol. The van der Waals surface area contributed by atoms with Gasteiger partial charge in [0.05, 0.1) is 0 Å². The third-order valence-electron chi connectivity index (χ3n) is 4.33. The number of benzene rings is 1. The van der Waals surface area contributed by atoms with Crippen LogP contribution in [0.5, 0.6) is 0 Å².